The van der Waals surface area contributed by atoms with Crippen LogP contribution in [0.4, 0.5) is 5.69 Å². The van der Waals surface area contributed by atoms with Gasteiger partial charge in [0, 0.05) is 12.1 Å². The van der Waals surface area contributed by atoms with Gasteiger partial charge in [-0.15, -0.1) is 0 Å². The number of nitrogens with zero attached hydrogens (tertiary/aromatic N) is 4. The van der Waals surface area contributed by atoms with E-state index in [1.165, 1.54) is 5.56 Å². The van der Waals surface area contributed by atoms with Gasteiger partial charge in [0.1, 0.15) is 5.75 Å². The van der Waals surface area contributed by atoms with Crippen LogP contribution in [0.3, 0.4) is 0 Å². The largest absolute Gasteiger partial charge is 0.471 e. The van der Waals surface area contributed by atoms with Crippen LogP contribution >= 0.6 is 15.9 Å². The van der Waals surface area contributed by atoms with E-state index >= 15 is 0 Å². The summed E-state index contributed by atoms with van der Waals surface area (Å²) in [5.41, 5.74) is 3.92. The number of hydrogen-bond acceptors (Lipinski definition) is 4. The molecule has 1 amide bonds. The van der Waals surface area contributed by atoms with Crippen LogP contribution in [0.5, 0.6) is 5.75 Å². The van der Waals surface area contributed by atoms with Gasteiger partial charge in [0.2, 0.25) is 5.91 Å². The molecule has 7 nitrogen and oxygen atoms in total. The van der Waals surface area contributed by atoms with Gasteiger partial charge >= 0.3 is 0 Å². The third kappa shape index (κ3) is 4.97. The van der Waals surface area contributed by atoms with Crippen molar-refractivity contribution in [1.29, 1.82) is 0 Å². The molecular formula is C19H22BrN5O2. The second-order valence-electron chi connectivity index (χ2n) is 6.41. The van der Waals surface area contributed by atoms with Crippen LogP contribution < -0.4 is 10.1 Å². The minimum absolute atomic E-state index is 0.0872. The maximum atomic E-state index is 12.1. The minimum Gasteiger partial charge on any atom is -0.471 e. The van der Waals surface area contributed by atoms with Crippen LogP contribution in [0.2, 0.25) is 0 Å². The van der Waals surface area contributed by atoms with Gasteiger partial charge < -0.3 is 10.1 Å². The molecule has 0 saturated heterocycles. The van der Waals surface area contributed by atoms with Crippen molar-refractivity contribution >= 4 is 27.5 Å². The van der Waals surface area contributed by atoms with E-state index in [4.69, 9.17) is 4.74 Å². The lowest BCUT2D eigenvalue weighted by Gasteiger charge is -2.09. The van der Waals surface area contributed by atoms with E-state index < -0.39 is 0 Å². The first-order valence-electron chi connectivity index (χ1n) is 8.62. The Morgan fingerprint density at radius 1 is 1.22 bits per heavy atom. The number of benzene rings is 1. The molecule has 142 valence electrons. The molecule has 2 heterocycles. The molecule has 3 aromatic rings. The molecule has 0 unspecified atom stereocenters. The zero-order chi connectivity index (χ0) is 19.4. The van der Waals surface area contributed by atoms with Crippen molar-refractivity contribution in [3.05, 3.63) is 58.1 Å². The SMILES string of the molecule is Cc1ccc(OCn2cc(NC(=O)CCn3ncc(Br)c3C)cn2)c(C)c1. The second-order valence-corrected chi connectivity index (χ2v) is 7.26. The standard InChI is InChI=1S/C19H22BrN5O2/c1-13-4-5-18(14(2)8-13)27-12-24-11-16(9-21-24)23-19(26)6-7-25-15(3)17(20)10-22-25/h4-5,8-11H,6-7,12H2,1-3H3,(H,23,26). The first-order valence-corrected chi connectivity index (χ1v) is 9.42. The van der Waals surface area contributed by atoms with E-state index in [1.807, 2.05) is 32.9 Å². The van der Waals surface area contributed by atoms with E-state index in [9.17, 15) is 4.79 Å². The Labute approximate surface area is 166 Å². The molecule has 0 aliphatic heterocycles. The summed E-state index contributed by atoms with van der Waals surface area (Å²) in [7, 11) is 0. The summed E-state index contributed by atoms with van der Waals surface area (Å²) in [6, 6.07) is 6.04. The van der Waals surface area contributed by atoms with E-state index in [2.05, 4.69) is 37.5 Å². The van der Waals surface area contributed by atoms with Gasteiger partial charge in [0.25, 0.3) is 0 Å². The number of carbonyl (C=O) groups is 1. The summed E-state index contributed by atoms with van der Waals surface area (Å²) in [5.74, 6) is 0.735. The number of ether oxygens (including phenoxy) is 1. The Balaban J connectivity index is 1.50. The fourth-order valence-electron chi connectivity index (χ4n) is 2.68. The van der Waals surface area contributed by atoms with Crippen LogP contribution in [-0.4, -0.2) is 25.5 Å². The zero-order valence-electron chi connectivity index (χ0n) is 15.6. The summed E-state index contributed by atoms with van der Waals surface area (Å²) in [4.78, 5) is 12.1. The highest BCUT2D eigenvalue weighted by Gasteiger charge is 2.08. The van der Waals surface area contributed by atoms with Crippen molar-refractivity contribution in [3.8, 4) is 5.75 Å². The number of amides is 1. The van der Waals surface area contributed by atoms with Crippen LogP contribution in [0.1, 0.15) is 23.2 Å². The molecule has 0 radical (unpaired) electrons. The lowest BCUT2D eigenvalue weighted by molar-refractivity contribution is -0.116. The molecule has 8 heteroatoms. The fourth-order valence-corrected chi connectivity index (χ4v) is 2.97. The Hall–Kier alpha value is -2.61. The molecule has 3 rings (SSSR count). The Morgan fingerprint density at radius 2 is 2.04 bits per heavy atom. The first-order chi connectivity index (χ1) is 12.9. The van der Waals surface area contributed by atoms with Crippen molar-refractivity contribution in [3.63, 3.8) is 0 Å². The molecule has 0 bridgehead atoms. The van der Waals surface area contributed by atoms with Crippen molar-refractivity contribution in [2.75, 3.05) is 5.32 Å². The average Bonchev–Trinajstić information content (AvgIpc) is 3.20. The Bertz CT molecular complexity index is 947. The van der Waals surface area contributed by atoms with E-state index in [0.29, 0.717) is 18.7 Å². The monoisotopic (exact) mass is 431 g/mol. The van der Waals surface area contributed by atoms with Gasteiger partial charge in [-0.2, -0.15) is 10.2 Å². The van der Waals surface area contributed by atoms with Crippen molar-refractivity contribution in [2.24, 2.45) is 0 Å². The summed E-state index contributed by atoms with van der Waals surface area (Å²) < 4.78 is 10.2. The van der Waals surface area contributed by atoms with Crippen molar-refractivity contribution in [1.82, 2.24) is 19.6 Å². The molecule has 0 aliphatic carbocycles. The summed E-state index contributed by atoms with van der Waals surface area (Å²) in [5, 5.41) is 11.3. The Morgan fingerprint density at radius 3 is 2.74 bits per heavy atom. The predicted molar refractivity (Wildman–Crippen MR) is 107 cm³/mol. The number of carbonyl (C=O) groups excluding carboxylic acids is 1. The summed E-state index contributed by atoms with van der Waals surface area (Å²) in [6.45, 7) is 6.81. The molecule has 1 N–H and O–H groups in total. The van der Waals surface area contributed by atoms with Crippen molar-refractivity contribution in [2.45, 2.75) is 40.5 Å². The normalized spacial score (nSPS) is 10.8. The molecule has 0 fully saturated rings. The summed E-state index contributed by atoms with van der Waals surface area (Å²) in [6.07, 6.45) is 5.42. The van der Waals surface area contributed by atoms with Crippen LogP contribution in [0.15, 0.2) is 41.3 Å². The Kier molecular flexibility index (Phi) is 5.95. The topological polar surface area (TPSA) is 74.0 Å². The second kappa shape index (κ2) is 8.39. The number of rotatable bonds is 7. The molecule has 2 aromatic heterocycles. The molecular weight excluding hydrogens is 410 g/mol. The maximum Gasteiger partial charge on any atom is 0.226 e. The lowest BCUT2D eigenvalue weighted by atomic mass is 10.1. The highest BCUT2D eigenvalue weighted by molar-refractivity contribution is 9.10. The third-order valence-corrected chi connectivity index (χ3v) is 4.97. The number of aromatic nitrogens is 4. The minimum atomic E-state index is -0.0872. The number of anilines is 1. The fraction of sp³-hybridized carbons (Fsp3) is 0.316. The molecule has 0 saturated carbocycles. The van der Waals surface area contributed by atoms with E-state index in [-0.39, 0.29) is 12.6 Å². The smallest absolute Gasteiger partial charge is 0.226 e. The third-order valence-electron chi connectivity index (χ3n) is 4.19. The van der Waals surface area contributed by atoms with Gasteiger partial charge in [-0.05, 0) is 48.3 Å². The molecule has 1 aromatic carbocycles. The quantitative estimate of drug-likeness (QED) is 0.616. The van der Waals surface area contributed by atoms with Gasteiger partial charge in [-0.3, -0.25) is 9.48 Å². The van der Waals surface area contributed by atoms with Crippen LogP contribution in [-0.2, 0) is 18.1 Å². The van der Waals surface area contributed by atoms with Gasteiger partial charge in [0.05, 0.1) is 35.3 Å². The van der Waals surface area contributed by atoms with Gasteiger partial charge in [0.15, 0.2) is 6.73 Å². The number of nitrogens with one attached hydrogen (secondary N) is 1. The molecule has 0 atom stereocenters. The highest BCUT2D eigenvalue weighted by Crippen LogP contribution is 2.19. The predicted octanol–water partition coefficient (Wildman–Crippen LogP) is 3.83. The van der Waals surface area contributed by atoms with Crippen LogP contribution in [0.25, 0.3) is 0 Å². The average molecular weight is 432 g/mol. The van der Waals surface area contributed by atoms with Gasteiger partial charge in [-0.25, -0.2) is 4.68 Å². The van der Waals surface area contributed by atoms with Crippen LogP contribution in [0, 0.1) is 20.8 Å². The number of hydrogen-bond donors (Lipinski definition) is 1. The molecule has 0 spiro atoms. The molecule has 27 heavy (non-hydrogen) atoms. The molecule has 0 aliphatic rings. The van der Waals surface area contributed by atoms with E-state index in [0.717, 1.165) is 21.5 Å². The van der Waals surface area contributed by atoms with Crippen molar-refractivity contribution < 1.29 is 9.53 Å². The maximum absolute atomic E-state index is 12.1. The zero-order valence-corrected chi connectivity index (χ0v) is 17.2. The summed E-state index contributed by atoms with van der Waals surface area (Å²) >= 11 is 3.41. The first kappa shape index (κ1) is 19.2. The lowest BCUT2D eigenvalue weighted by Crippen LogP contribution is -2.15. The number of aryl methyl sites for hydroxylation is 3. The van der Waals surface area contributed by atoms with Gasteiger partial charge in [-0.1, -0.05) is 17.7 Å². The van der Waals surface area contributed by atoms with E-state index in [1.54, 1.807) is 28.0 Å². The number of halogens is 1. The highest BCUT2D eigenvalue weighted by atomic mass is 79.9.